The van der Waals surface area contributed by atoms with Crippen LogP contribution in [0.15, 0.2) is 24.3 Å². The molecule has 0 aromatic carbocycles. The second kappa shape index (κ2) is 11.2. The van der Waals surface area contributed by atoms with E-state index in [9.17, 15) is 4.79 Å². The first-order valence-electron chi connectivity index (χ1n) is 6.08. The molecule has 0 fully saturated rings. The monoisotopic (exact) mass is 208 g/mol. The van der Waals surface area contributed by atoms with Crippen molar-refractivity contribution in [3.8, 4) is 0 Å². The van der Waals surface area contributed by atoms with Gasteiger partial charge in [0.15, 0.2) is 0 Å². The number of rotatable bonds is 9. The topological polar surface area (TPSA) is 17.1 Å². The lowest BCUT2D eigenvalue weighted by Crippen LogP contribution is -1.87. The predicted octanol–water partition coefficient (Wildman–Crippen LogP) is 4.29. The quantitative estimate of drug-likeness (QED) is 0.314. The van der Waals surface area contributed by atoms with E-state index in [-0.39, 0.29) is 5.92 Å². The van der Waals surface area contributed by atoms with Gasteiger partial charge < -0.3 is 4.79 Å². The summed E-state index contributed by atoms with van der Waals surface area (Å²) >= 11 is 0. The van der Waals surface area contributed by atoms with E-state index >= 15 is 0 Å². The molecular formula is C14H24O. The number of carbonyl (C=O) groups is 1. The van der Waals surface area contributed by atoms with Crippen LogP contribution in [0.3, 0.4) is 0 Å². The molecule has 1 nitrogen and oxygen atoms in total. The molecule has 0 N–H and O–H groups in total. The first kappa shape index (κ1) is 14.2. The van der Waals surface area contributed by atoms with Gasteiger partial charge in [-0.25, -0.2) is 0 Å². The summed E-state index contributed by atoms with van der Waals surface area (Å²) in [6, 6.07) is 0. The van der Waals surface area contributed by atoms with Gasteiger partial charge in [0.25, 0.3) is 0 Å². The van der Waals surface area contributed by atoms with Crippen molar-refractivity contribution in [3.05, 3.63) is 24.3 Å². The van der Waals surface area contributed by atoms with E-state index in [2.05, 4.69) is 25.2 Å². The SMILES string of the molecule is CCCCCC/C=C/C/C=C/C(C)C=O. The molecule has 0 aliphatic heterocycles. The zero-order valence-corrected chi connectivity index (χ0v) is 10.1. The zero-order valence-electron chi connectivity index (χ0n) is 10.1. The Hall–Kier alpha value is -0.850. The van der Waals surface area contributed by atoms with Crippen LogP contribution in [0.2, 0.25) is 0 Å². The van der Waals surface area contributed by atoms with Gasteiger partial charge in [-0.1, -0.05) is 57.4 Å². The standard InChI is InChI=1S/C14H24O/c1-3-4-5-6-7-8-9-10-11-12-14(2)13-15/h8-9,11-14H,3-7,10H2,1-2H3/b9-8+,12-11+. The first-order valence-corrected chi connectivity index (χ1v) is 6.08. The van der Waals surface area contributed by atoms with Crippen LogP contribution in [-0.4, -0.2) is 6.29 Å². The molecule has 15 heavy (non-hydrogen) atoms. The van der Waals surface area contributed by atoms with Gasteiger partial charge >= 0.3 is 0 Å². The van der Waals surface area contributed by atoms with Crippen LogP contribution in [0.5, 0.6) is 0 Å². The van der Waals surface area contributed by atoms with Crippen molar-refractivity contribution in [2.45, 2.75) is 52.4 Å². The summed E-state index contributed by atoms with van der Waals surface area (Å²) in [6.45, 7) is 4.13. The molecule has 86 valence electrons. The average molecular weight is 208 g/mol. The maximum atomic E-state index is 10.3. The fourth-order valence-electron chi connectivity index (χ4n) is 1.32. The van der Waals surface area contributed by atoms with E-state index in [1.54, 1.807) is 0 Å². The van der Waals surface area contributed by atoms with Crippen LogP contribution in [0.1, 0.15) is 52.4 Å². The van der Waals surface area contributed by atoms with Crippen LogP contribution in [-0.2, 0) is 4.79 Å². The Balaban J connectivity index is 3.31. The Morgan fingerprint density at radius 3 is 2.53 bits per heavy atom. The van der Waals surface area contributed by atoms with Gasteiger partial charge in [0, 0.05) is 5.92 Å². The Morgan fingerprint density at radius 2 is 1.87 bits per heavy atom. The Bertz CT molecular complexity index is 192. The molecule has 0 radical (unpaired) electrons. The number of hydrogen-bond donors (Lipinski definition) is 0. The highest BCUT2D eigenvalue weighted by Gasteiger charge is 1.88. The van der Waals surface area contributed by atoms with Crippen molar-refractivity contribution in [2.75, 3.05) is 0 Å². The third-order valence-electron chi connectivity index (χ3n) is 2.32. The highest BCUT2D eigenvalue weighted by Crippen LogP contribution is 2.03. The molecule has 0 saturated carbocycles. The van der Waals surface area contributed by atoms with Gasteiger partial charge in [-0.15, -0.1) is 0 Å². The lowest BCUT2D eigenvalue weighted by Gasteiger charge is -1.93. The van der Waals surface area contributed by atoms with Crippen LogP contribution >= 0.6 is 0 Å². The lowest BCUT2D eigenvalue weighted by atomic mass is 10.1. The van der Waals surface area contributed by atoms with Gasteiger partial charge in [-0.3, -0.25) is 0 Å². The Labute approximate surface area is 94.3 Å². The Morgan fingerprint density at radius 1 is 1.07 bits per heavy atom. The highest BCUT2D eigenvalue weighted by atomic mass is 16.1. The molecule has 0 amide bonds. The molecule has 1 atom stereocenters. The molecule has 0 heterocycles. The van der Waals surface area contributed by atoms with Crippen LogP contribution in [0.4, 0.5) is 0 Å². The second-order valence-electron chi connectivity index (χ2n) is 3.98. The third-order valence-corrected chi connectivity index (χ3v) is 2.32. The number of aldehydes is 1. The summed E-state index contributed by atoms with van der Waals surface area (Å²) in [6.07, 6.45) is 16.8. The maximum absolute atomic E-state index is 10.3. The summed E-state index contributed by atoms with van der Waals surface area (Å²) in [5.74, 6) is 0.0583. The highest BCUT2D eigenvalue weighted by molar-refractivity contribution is 5.55. The number of carbonyl (C=O) groups excluding carboxylic acids is 1. The molecule has 0 saturated heterocycles. The fraction of sp³-hybridized carbons (Fsp3) is 0.643. The van der Waals surface area contributed by atoms with E-state index in [1.165, 1.54) is 32.1 Å². The minimum absolute atomic E-state index is 0.0583. The van der Waals surface area contributed by atoms with Crippen LogP contribution < -0.4 is 0 Å². The Kier molecular flexibility index (Phi) is 10.6. The molecule has 0 aromatic heterocycles. The minimum Gasteiger partial charge on any atom is -0.303 e. The van der Waals surface area contributed by atoms with Crippen molar-refractivity contribution in [3.63, 3.8) is 0 Å². The van der Waals surface area contributed by atoms with Crippen LogP contribution in [0, 0.1) is 5.92 Å². The average Bonchev–Trinajstić information content (AvgIpc) is 2.26. The van der Waals surface area contributed by atoms with E-state index < -0.39 is 0 Å². The fourth-order valence-corrected chi connectivity index (χ4v) is 1.32. The number of hydrogen-bond acceptors (Lipinski definition) is 1. The van der Waals surface area contributed by atoms with E-state index in [1.807, 2.05) is 13.0 Å². The van der Waals surface area contributed by atoms with Crippen molar-refractivity contribution in [2.24, 2.45) is 5.92 Å². The molecule has 1 heteroatoms. The third kappa shape index (κ3) is 11.1. The molecule has 0 spiro atoms. The van der Waals surface area contributed by atoms with Crippen molar-refractivity contribution >= 4 is 6.29 Å². The van der Waals surface area contributed by atoms with Gasteiger partial charge in [-0.05, 0) is 19.3 Å². The van der Waals surface area contributed by atoms with Crippen molar-refractivity contribution < 1.29 is 4.79 Å². The van der Waals surface area contributed by atoms with Crippen molar-refractivity contribution in [1.29, 1.82) is 0 Å². The molecule has 0 rings (SSSR count). The smallest absolute Gasteiger partial charge is 0.126 e. The number of allylic oxidation sites excluding steroid dienone is 4. The van der Waals surface area contributed by atoms with Gasteiger partial charge in [0.1, 0.15) is 6.29 Å². The van der Waals surface area contributed by atoms with E-state index in [0.717, 1.165) is 12.7 Å². The van der Waals surface area contributed by atoms with Crippen molar-refractivity contribution in [1.82, 2.24) is 0 Å². The molecule has 0 aliphatic rings. The van der Waals surface area contributed by atoms with E-state index in [4.69, 9.17) is 0 Å². The molecule has 1 unspecified atom stereocenters. The lowest BCUT2D eigenvalue weighted by molar-refractivity contribution is -0.109. The van der Waals surface area contributed by atoms with Crippen LogP contribution in [0.25, 0.3) is 0 Å². The summed E-state index contributed by atoms with van der Waals surface area (Å²) in [7, 11) is 0. The van der Waals surface area contributed by atoms with Gasteiger partial charge in [-0.2, -0.15) is 0 Å². The maximum Gasteiger partial charge on any atom is 0.126 e. The summed E-state index contributed by atoms with van der Waals surface area (Å²) in [4.78, 5) is 10.3. The predicted molar refractivity (Wildman–Crippen MR) is 66.9 cm³/mol. The molecule has 0 bridgehead atoms. The van der Waals surface area contributed by atoms with Gasteiger partial charge in [0.2, 0.25) is 0 Å². The van der Waals surface area contributed by atoms with Gasteiger partial charge in [0.05, 0.1) is 0 Å². The molecule has 0 aliphatic carbocycles. The molecular weight excluding hydrogens is 184 g/mol. The summed E-state index contributed by atoms with van der Waals surface area (Å²) in [5.41, 5.74) is 0. The number of unbranched alkanes of at least 4 members (excludes halogenated alkanes) is 4. The van der Waals surface area contributed by atoms with E-state index in [0.29, 0.717) is 0 Å². The largest absolute Gasteiger partial charge is 0.303 e. The second-order valence-corrected chi connectivity index (χ2v) is 3.98. The summed E-state index contributed by atoms with van der Waals surface area (Å²) in [5, 5.41) is 0. The first-order chi connectivity index (χ1) is 7.31. The molecule has 0 aromatic rings. The normalized spacial score (nSPS) is 13.7. The summed E-state index contributed by atoms with van der Waals surface area (Å²) < 4.78 is 0. The minimum atomic E-state index is 0.0583. The zero-order chi connectivity index (χ0) is 11.4.